The van der Waals surface area contributed by atoms with Gasteiger partial charge in [-0.05, 0) is 5.56 Å². The van der Waals surface area contributed by atoms with Crippen molar-refractivity contribution in [3.63, 3.8) is 0 Å². The van der Waals surface area contributed by atoms with Gasteiger partial charge in [-0.3, -0.25) is 14.5 Å². The molecule has 2 heterocycles. The van der Waals surface area contributed by atoms with Crippen molar-refractivity contribution in [1.82, 2.24) is 24.9 Å². The molecule has 1 N–H and O–H groups in total. The number of nitrogens with one attached hydrogen (secondary N) is 1. The Morgan fingerprint density at radius 3 is 2.32 bits per heavy atom. The van der Waals surface area contributed by atoms with E-state index in [-0.39, 0.29) is 18.4 Å². The Morgan fingerprint density at radius 2 is 1.68 bits per heavy atom. The molecule has 0 atom stereocenters. The van der Waals surface area contributed by atoms with Crippen molar-refractivity contribution < 1.29 is 14.3 Å². The van der Waals surface area contributed by atoms with Gasteiger partial charge < -0.3 is 24.8 Å². The fourth-order valence-electron chi connectivity index (χ4n) is 3.55. The Bertz CT molecular complexity index is 741. The first-order valence-corrected chi connectivity index (χ1v) is 10.9. The quantitative estimate of drug-likeness (QED) is 0.493. The number of amides is 2. The summed E-state index contributed by atoms with van der Waals surface area (Å²) in [5.41, 5.74) is 1.12. The molecule has 9 nitrogen and oxygen atoms in total. The molecule has 0 spiro atoms. The molecule has 0 aliphatic carbocycles. The summed E-state index contributed by atoms with van der Waals surface area (Å²) in [6, 6.07) is 10.1. The summed E-state index contributed by atoms with van der Waals surface area (Å²) in [4.78, 5) is 37.1. The molecule has 2 amide bonds. The monoisotopic (exact) mass is 430 g/mol. The Kier molecular flexibility index (Phi) is 8.66. The van der Waals surface area contributed by atoms with Crippen LogP contribution in [0.15, 0.2) is 35.3 Å². The highest BCUT2D eigenvalue weighted by Gasteiger charge is 2.24. The lowest BCUT2D eigenvalue weighted by atomic mass is 10.2. The second-order valence-corrected chi connectivity index (χ2v) is 8.02. The Balaban J connectivity index is 1.55. The van der Waals surface area contributed by atoms with E-state index in [1.54, 1.807) is 19.0 Å². The van der Waals surface area contributed by atoms with Gasteiger partial charge in [0.15, 0.2) is 5.96 Å². The summed E-state index contributed by atoms with van der Waals surface area (Å²) < 4.78 is 5.33. The van der Waals surface area contributed by atoms with Crippen LogP contribution < -0.4 is 5.32 Å². The number of piperazine rings is 1. The molecule has 1 aromatic rings. The van der Waals surface area contributed by atoms with Crippen LogP contribution in [0.1, 0.15) is 5.56 Å². The SMILES string of the molecule is CN(C)C(=O)CNC(=NCc1ccccc1)N1CCN(CC(=O)N2CCOCC2)CC1. The van der Waals surface area contributed by atoms with Crippen LogP contribution in [0.5, 0.6) is 0 Å². The van der Waals surface area contributed by atoms with Crippen LogP contribution in [0.2, 0.25) is 0 Å². The molecule has 0 radical (unpaired) electrons. The summed E-state index contributed by atoms with van der Waals surface area (Å²) in [6.07, 6.45) is 0. The van der Waals surface area contributed by atoms with E-state index in [0.717, 1.165) is 37.7 Å². The maximum absolute atomic E-state index is 12.5. The summed E-state index contributed by atoms with van der Waals surface area (Å²) >= 11 is 0. The Labute approximate surface area is 184 Å². The zero-order valence-corrected chi connectivity index (χ0v) is 18.6. The molecule has 2 saturated heterocycles. The number of aliphatic imine (C=N–C) groups is 1. The van der Waals surface area contributed by atoms with Crippen molar-refractivity contribution in [2.45, 2.75) is 6.54 Å². The van der Waals surface area contributed by atoms with Crippen LogP contribution in [-0.4, -0.2) is 117 Å². The molecular weight excluding hydrogens is 396 g/mol. The first-order valence-electron chi connectivity index (χ1n) is 10.9. The van der Waals surface area contributed by atoms with E-state index in [0.29, 0.717) is 39.4 Å². The lowest BCUT2D eigenvalue weighted by molar-refractivity contribution is -0.136. The highest BCUT2D eigenvalue weighted by molar-refractivity contribution is 5.86. The molecule has 2 aliphatic heterocycles. The van der Waals surface area contributed by atoms with Crippen molar-refractivity contribution in [1.29, 1.82) is 0 Å². The van der Waals surface area contributed by atoms with E-state index in [4.69, 9.17) is 9.73 Å². The summed E-state index contributed by atoms with van der Waals surface area (Å²) in [5, 5.41) is 3.23. The van der Waals surface area contributed by atoms with Crippen LogP contribution >= 0.6 is 0 Å². The van der Waals surface area contributed by atoms with Crippen molar-refractivity contribution in [2.24, 2.45) is 4.99 Å². The standard InChI is InChI=1S/C22H34N6O3/c1-25(2)20(29)17-24-22(23-16-19-6-4-3-5-7-19)28-10-8-26(9-11-28)18-21(30)27-12-14-31-15-13-27/h3-7H,8-18H2,1-2H3,(H,23,24). The smallest absolute Gasteiger partial charge is 0.241 e. The second-order valence-electron chi connectivity index (χ2n) is 8.02. The van der Waals surface area contributed by atoms with Crippen molar-refractivity contribution in [3.05, 3.63) is 35.9 Å². The molecule has 0 saturated carbocycles. The van der Waals surface area contributed by atoms with Gasteiger partial charge in [-0.2, -0.15) is 0 Å². The minimum Gasteiger partial charge on any atom is -0.378 e. The average molecular weight is 431 g/mol. The van der Waals surface area contributed by atoms with Crippen LogP contribution in [0, 0.1) is 0 Å². The predicted molar refractivity (Wildman–Crippen MR) is 120 cm³/mol. The van der Waals surface area contributed by atoms with E-state index < -0.39 is 0 Å². The van der Waals surface area contributed by atoms with E-state index in [9.17, 15) is 9.59 Å². The molecule has 2 fully saturated rings. The molecule has 170 valence electrons. The van der Waals surface area contributed by atoms with Crippen LogP contribution in [0.25, 0.3) is 0 Å². The third-order valence-electron chi connectivity index (χ3n) is 5.55. The second kappa shape index (κ2) is 11.7. The molecule has 31 heavy (non-hydrogen) atoms. The van der Waals surface area contributed by atoms with Crippen molar-refractivity contribution in [2.75, 3.05) is 79.7 Å². The topological polar surface area (TPSA) is 80.7 Å². The Morgan fingerprint density at radius 1 is 1.00 bits per heavy atom. The van der Waals surface area contributed by atoms with Crippen molar-refractivity contribution in [3.8, 4) is 0 Å². The van der Waals surface area contributed by atoms with Crippen LogP contribution in [-0.2, 0) is 20.9 Å². The number of likely N-dealkylation sites (N-methyl/N-ethyl adjacent to an activating group) is 1. The zero-order valence-electron chi connectivity index (χ0n) is 18.6. The number of hydrogen-bond donors (Lipinski definition) is 1. The fraction of sp³-hybridized carbons (Fsp3) is 0.591. The largest absolute Gasteiger partial charge is 0.378 e. The van der Waals surface area contributed by atoms with Gasteiger partial charge in [-0.15, -0.1) is 0 Å². The Hall–Kier alpha value is -2.65. The molecule has 2 aliphatic rings. The number of carbonyl (C=O) groups excluding carboxylic acids is 2. The van der Waals surface area contributed by atoms with Gasteiger partial charge in [0.2, 0.25) is 11.8 Å². The minimum atomic E-state index is 0.00200. The average Bonchev–Trinajstić information content (AvgIpc) is 2.80. The van der Waals surface area contributed by atoms with Crippen LogP contribution in [0.3, 0.4) is 0 Å². The highest BCUT2D eigenvalue weighted by atomic mass is 16.5. The third kappa shape index (κ3) is 7.22. The van der Waals surface area contributed by atoms with E-state index >= 15 is 0 Å². The number of carbonyl (C=O) groups is 2. The normalized spacial score (nSPS) is 18.1. The van der Waals surface area contributed by atoms with E-state index in [2.05, 4.69) is 15.1 Å². The van der Waals surface area contributed by atoms with E-state index in [1.807, 2.05) is 35.2 Å². The molecule has 9 heteroatoms. The molecule has 3 rings (SSSR count). The first kappa shape index (κ1) is 23.0. The molecule has 0 aromatic heterocycles. The van der Waals surface area contributed by atoms with E-state index in [1.165, 1.54) is 0 Å². The molecule has 0 unspecified atom stereocenters. The molecular formula is C22H34N6O3. The highest BCUT2D eigenvalue weighted by Crippen LogP contribution is 2.07. The third-order valence-corrected chi connectivity index (χ3v) is 5.55. The molecule has 0 bridgehead atoms. The van der Waals surface area contributed by atoms with Gasteiger partial charge in [0.05, 0.1) is 32.8 Å². The van der Waals surface area contributed by atoms with Gasteiger partial charge in [-0.25, -0.2) is 4.99 Å². The number of morpholine rings is 1. The summed E-state index contributed by atoms with van der Waals surface area (Å²) in [7, 11) is 3.49. The maximum Gasteiger partial charge on any atom is 0.241 e. The lowest BCUT2D eigenvalue weighted by Gasteiger charge is -2.37. The van der Waals surface area contributed by atoms with Gasteiger partial charge in [0.1, 0.15) is 0 Å². The lowest BCUT2D eigenvalue weighted by Crippen LogP contribution is -2.55. The summed E-state index contributed by atoms with van der Waals surface area (Å²) in [6.45, 7) is 6.88. The fourth-order valence-corrected chi connectivity index (χ4v) is 3.55. The maximum atomic E-state index is 12.5. The number of nitrogens with zero attached hydrogens (tertiary/aromatic N) is 5. The van der Waals surface area contributed by atoms with Crippen LogP contribution in [0.4, 0.5) is 0 Å². The van der Waals surface area contributed by atoms with Gasteiger partial charge >= 0.3 is 0 Å². The number of ether oxygens (including phenoxy) is 1. The molecule has 1 aromatic carbocycles. The first-order chi connectivity index (χ1) is 15.0. The number of benzene rings is 1. The number of rotatable bonds is 6. The van der Waals surface area contributed by atoms with Gasteiger partial charge in [0.25, 0.3) is 0 Å². The number of guanidine groups is 1. The number of hydrogen-bond acceptors (Lipinski definition) is 5. The predicted octanol–water partition coefficient (Wildman–Crippen LogP) is -0.303. The summed E-state index contributed by atoms with van der Waals surface area (Å²) in [5.74, 6) is 0.907. The van der Waals surface area contributed by atoms with Gasteiger partial charge in [-0.1, -0.05) is 30.3 Å². The van der Waals surface area contributed by atoms with Gasteiger partial charge in [0, 0.05) is 53.4 Å². The zero-order chi connectivity index (χ0) is 22.1. The minimum absolute atomic E-state index is 0.00200. The van der Waals surface area contributed by atoms with Crippen molar-refractivity contribution >= 4 is 17.8 Å².